The molecule has 2 rings (SSSR count). The van der Waals surface area contributed by atoms with E-state index in [0.717, 1.165) is 19.6 Å². The first kappa shape index (κ1) is 16.2. The lowest BCUT2D eigenvalue weighted by Gasteiger charge is -2.28. The van der Waals surface area contributed by atoms with Gasteiger partial charge in [0.25, 0.3) is 6.43 Å². The average Bonchev–Trinajstić information content (AvgIpc) is 2.52. The fraction of sp³-hybridized carbons (Fsp3) is 0.625. The van der Waals surface area contributed by atoms with Crippen LogP contribution in [0.5, 0.6) is 0 Å². The van der Waals surface area contributed by atoms with Gasteiger partial charge in [0.2, 0.25) is 0 Å². The van der Waals surface area contributed by atoms with E-state index in [1.807, 2.05) is 0 Å². The highest BCUT2D eigenvalue weighted by Crippen LogP contribution is 2.20. The van der Waals surface area contributed by atoms with Crippen LogP contribution in [0.1, 0.15) is 24.8 Å². The standard InChI is InChI=1S/C16H24F2N2O/c17-16(18)13-21-11-8-19-12-14-4-6-15(7-5-14)20-9-2-1-3-10-20/h4-7,16,19H,1-3,8-13H2. The zero-order chi connectivity index (χ0) is 14.9. The lowest BCUT2D eigenvalue weighted by atomic mass is 10.1. The molecule has 118 valence electrons. The van der Waals surface area contributed by atoms with Crippen molar-refractivity contribution in [3.05, 3.63) is 29.8 Å². The summed E-state index contributed by atoms with van der Waals surface area (Å²) in [6.45, 7) is 3.46. The van der Waals surface area contributed by atoms with Crippen molar-refractivity contribution >= 4 is 5.69 Å². The van der Waals surface area contributed by atoms with Crippen LogP contribution in [0.25, 0.3) is 0 Å². The van der Waals surface area contributed by atoms with Gasteiger partial charge in [-0.05, 0) is 37.0 Å². The smallest absolute Gasteiger partial charge is 0.261 e. The van der Waals surface area contributed by atoms with Crippen LogP contribution in [0.2, 0.25) is 0 Å². The van der Waals surface area contributed by atoms with Crippen molar-refractivity contribution in [1.29, 1.82) is 0 Å². The number of benzene rings is 1. The maximum absolute atomic E-state index is 11.9. The van der Waals surface area contributed by atoms with Crippen molar-refractivity contribution < 1.29 is 13.5 Å². The Morgan fingerprint density at radius 1 is 1.10 bits per heavy atom. The first-order chi connectivity index (χ1) is 10.3. The Labute approximate surface area is 125 Å². The molecule has 1 aliphatic heterocycles. The van der Waals surface area contributed by atoms with Crippen LogP contribution in [0.3, 0.4) is 0 Å². The van der Waals surface area contributed by atoms with Gasteiger partial charge in [0.1, 0.15) is 6.61 Å². The molecule has 21 heavy (non-hydrogen) atoms. The first-order valence-electron chi connectivity index (χ1n) is 7.66. The summed E-state index contributed by atoms with van der Waals surface area (Å²) in [5, 5.41) is 3.19. The molecule has 0 atom stereocenters. The van der Waals surface area contributed by atoms with Crippen LogP contribution < -0.4 is 10.2 Å². The van der Waals surface area contributed by atoms with E-state index in [1.54, 1.807) is 0 Å². The molecule has 0 unspecified atom stereocenters. The zero-order valence-corrected chi connectivity index (χ0v) is 12.4. The van der Waals surface area contributed by atoms with Crippen LogP contribution in [-0.2, 0) is 11.3 Å². The summed E-state index contributed by atoms with van der Waals surface area (Å²) in [6, 6.07) is 8.57. The topological polar surface area (TPSA) is 24.5 Å². The van der Waals surface area contributed by atoms with Crippen molar-refractivity contribution in [2.45, 2.75) is 32.2 Å². The highest BCUT2D eigenvalue weighted by atomic mass is 19.3. The summed E-state index contributed by atoms with van der Waals surface area (Å²) >= 11 is 0. The maximum Gasteiger partial charge on any atom is 0.261 e. The van der Waals surface area contributed by atoms with E-state index in [4.69, 9.17) is 4.74 Å². The van der Waals surface area contributed by atoms with Gasteiger partial charge >= 0.3 is 0 Å². The summed E-state index contributed by atoms with van der Waals surface area (Å²) in [4.78, 5) is 2.43. The van der Waals surface area contributed by atoms with Gasteiger partial charge in [-0.3, -0.25) is 0 Å². The number of alkyl halides is 2. The normalized spacial score (nSPS) is 15.7. The van der Waals surface area contributed by atoms with E-state index < -0.39 is 13.0 Å². The molecule has 1 aromatic rings. The lowest BCUT2D eigenvalue weighted by Crippen LogP contribution is -2.29. The Hall–Kier alpha value is -1.20. The number of ether oxygens (including phenoxy) is 1. The maximum atomic E-state index is 11.9. The third-order valence-electron chi connectivity index (χ3n) is 3.65. The molecular weight excluding hydrogens is 274 g/mol. The van der Waals surface area contributed by atoms with E-state index in [1.165, 1.54) is 30.5 Å². The van der Waals surface area contributed by atoms with Crippen LogP contribution >= 0.6 is 0 Å². The number of rotatable bonds is 8. The van der Waals surface area contributed by atoms with Gasteiger partial charge in [-0.25, -0.2) is 8.78 Å². The number of anilines is 1. The highest BCUT2D eigenvalue weighted by molar-refractivity contribution is 5.47. The minimum absolute atomic E-state index is 0.316. The SMILES string of the molecule is FC(F)COCCNCc1ccc(N2CCCCC2)cc1. The molecule has 0 spiro atoms. The molecule has 0 aromatic heterocycles. The molecule has 0 amide bonds. The van der Waals surface area contributed by atoms with Gasteiger partial charge in [0.15, 0.2) is 0 Å². The second-order valence-electron chi connectivity index (χ2n) is 5.36. The van der Waals surface area contributed by atoms with Gasteiger partial charge < -0.3 is 15.0 Å². The minimum atomic E-state index is -2.38. The Bertz CT molecular complexity index is 392. The number of halogens is 2. The van der Waals surface area contributed by atoms with Crippen LogP contribution in [0, 0.1) is 0 Å². The number of piperidine rings is 1. The second-order valence-corrected chi connectivity index (χ2v) is 5.36. The largest absolute Gasteiger partial charge is 0.374 e. The monoisotopic (exact) mass is 298 g/mol. The summed E-state index contributed by atoms with van der Waals surface area (Å²) in [5.41, 5.74) is 2.49. The second kappa shape index (κ2) is 8.95. The summed E-state index contributed by atoms with van der Waals surface area (Å²) in [7, 11) is 0. The molecule has 1 saturated heterocycles. The molecule has 5 heteroatoms. The third kappa shape index (κ3) is 5.98. The van der Waals surface area contributed by atoms with Crippen molar-refractivity contribution in [3.63, 3.8) is 0 Å². The molecule has 1 heterocycles. The van der Waals surface area contributed by atoms with Crippen molar-refractivity contribution in [1.82, 2.24) is 5.32 Å². The Morgan fingerprint density at radius 2 is 1.81 bits per heavy atom. The molecule has 1 aliphatic rings. The molecule has 1 aromatic carbocycles. The zero-order valence-electron chi connectivity index (χ0n) is 12.4. The predicted molar refractivity (Wildman–Crippen MR) is 81.0 cm³/mol. The summed E-state index contributed by atoms with van der Waals surface area (Å²) < 4.78 is 28.5. The van der Waals surface area contributed by atoms with Crippen molar-refractivity contribution in [2.24, 2.45) is 0 Å². The quantitative estimate of drug-likeness (QED) is 0.747. The van der Waals surface area contributed by atoms with Gasteiger partial charge in [0, 0.05) is 31.9 Å². The fourth-order valence-electron chi connectivity index (χ4n) is 2.53. The minimum Gasteiger partial charge on any atom is -0.374 e. The van der Waals surface area contributed by atoms with Crippen molar-refractivity contribution in [3.8, 4) is 0 Å². The molecule has 0 radical (unpaired) electrons. The molecular formula is C16H24F2N2O. The Balaban J connectivity index is 1.65. The predicted octanol–water partition coefficient (Wildman–Crippen LogP) is 3.05. The number of hydrogen-bond donors (Lipinski definition) is 1. The summed E-state index contributed by atoms with van der Waals surface area (Å²) in [5.74, 6) is 0. The number of nitrogens with one attached hydrogen (secondary N) is 1. The van der Waals surface area contributed by atoms with E-state index in [-0.39, 0.29) is 0 Å². The number of nitrogens with zero attached hydrogens (tertiary/aromatic N) is 1. The van der Waals surface area contributed by atoms with E-state index in [2.05, 4.69) is 34.5 Å². The molecule has 0 saturated carbocycles. The Kier molecular flexibility index (Phi) is 6.89. The van der Waals surface area contributed by atoms with E-state index in [0.29, 0.717) is 13.2 Å². The fourth-order valence-corrected chi connectivity index (χ4v) is 2.53. The number of hydrogen-bond acceptors (Lipinski definition) is 3. The molecule has 0 aliphatic carbocycles. The van der Waals surface area contributed by atoms with Gasteiger partial charge in [-0.1, -0.05) is 12.1 Å². The van der Waals surface area contributed by atoms with Crippen LogP contribution in [0.4, 0.5) is 14.5 Å². The van der Waals surface area contributed by atoms with Gasteiger partial charge in [-0.15, -0.1) is 0 Å². The first-order valence-corrected chi connectivity index (χ1v) is 7.66. The molecule has 1 fully saturated rings. The highest BCUT2D eigenvalue weighted by Gasteiger charge is 2.10. The van der Waals surface area contributed by atoms with E-state index in [9.17, 15) is 8.78 Å². The molecule has 3 nitrogen and oxygen atoms in total. The van der Waals surface area contributed by atoms with E-state index >= 15 is 0 Å². The van der Waals surface area contributed by atoms with Crippen LogP contribution in [-0.4, -0.2) is 39.3 Å². The third-order valence-corrected chi connectivity index (χ3v) is 3.65. The lowest BCUT2D eigenvalue weighted by molar-refractivity contribution is 0.0187. The molecule has 0 bridgehead atoms. The van der Waals surface area contributed by atoms with Crippen molar-refractivity contribution in [2.75, 3.05) is 37.7 Å². The van der Waals surface area contributed by atoms with Crippen LogP contribution in [0.15, 0.2) is 24.3 Å². The summed E-state index contributed by atoms with van der Waals surface area (Å²) in [6.07, 6.45) is 1.52. The Morgan fingerprint density at radius 3 is 2.48 bits per heavy atom. The average molecular weight is 298 g/mol. The molecule has 1 N–H and O–H groups in total. The van der Waals surface area contributed by atoms with Gasteiger partial charge in [0.05, 0.1) is 6.61 Å². The van der Waals surface area contributed by atoms with Gasteiger partial charge in [-0.2, -0.15) is 0 Å².